The number of ether oxygens (including phenoxy) is 1. The highest BCUT2D eigenvalue weighted by atomic mass is 79.9. The van der Waals surface area contributed by atoms with Crippen LogP contribution in [0.4, 0.5) is 0 Å². The van der Waals surface area contributed by atoms with Crippen LogP contribution in [-0.4, -0.2) is 10.7 Å². The molecule has 0 saturated heterocycles. The standard InChI is InChI=1S/C15H21BrO2/c1-3-4-5-8-15(2)10-13(17)12-9-11(16)6-7-14(12)18-15/h6-7,9,13,17H,3-5,8,10H2,1-2H3/t13-,15?/m0/s1. The lowest BCUT2D eigenvalue weighted by Gasteiger charge is -2.38. The summed E-state index contributed by atoms with van der Waals surface area (Å²) in [6, 6.07) is 5.86. The highest BCUT2D eigenvalue weighted by Crippen LogP contribution is 2.42. The lowest BCUT2D eigenvalue weighted by atomic mass is 9.86. The van der Waals surface area contributed by atoms with Crippen molar-refractivity contribution >= 4 is 15.9 Å². The van der Waals surface area contributed by atoms with Crippen molar-refractivity contribution in [3.63, 3.8) is 0 Å². The third-order valence-corrected chi connectivity index (χ3v) is 4.11. The molecule has 0 radical (unpaired) electrons. The second-order valence-electron chi connectivity index (χ2n) is 5.41. The Kier molecular flexibility index (Phi) is 4.33. The molecule has 2 nitrogen and oxygen atoms in total. The van der Waals surface area contributed by atoms with Gasteiger partial charge in [-0.15, -0.1) is 0 Å². The zero-order valence-corrected chi connectivity index (χ0v) is 12.7. The van der Waals surface area contributed by atoms with Gasteiger partial charge in [0.1, 0.15) is 11.4 Å². The summed E-state index contributed by atoms with van der Waals surface area (Å²) in [5, 5.41) is 10.3. The van der Waals surface area contributed by atoms with Gasteiger partial charge in [0.25, 0.3) is 0 Å². The first-order chi connectivity index (χ1) is 8.54. The monoisotopic (exact) mass is 312 g/mol. The van der Waals surface area contributed by atoms with Crippen molar-refractivity contribution in [3.8, 4) is 5.75 Å². The van der Waals surface area contributed by atoms with E-state index in [1.807, 2.05) is 18.2 Å². The van der Waals surface area contributed by atoms with Crippen molar-refractivity contribution in [2.24, 2.45) is 0 Å². The fourth-order valence-corrected chi connectivity index (χ4v) is 2.98. The maximum Gasteiger partial charge on any atom is 0.126 e. The average molecular weight is 313 g/mol. The molecule has 3 heteroatoms. The Morgan fingerprint density at radius 1 is 1.44 bits per heavy atom. The number of rotatable bonds is 4. The number of aliphatic hydroxyl groups is 1. The summed E-state index contributed by atoms with van der Waals surface area (Å²) in [6.45, 7) is 4.31. The smallest absolute Gasteiger partial charge is 0.126 e. The van der Waals surface area contributed by atoms with Gasteiger partial charge in [-0.2, -0.15) is 0 Å². The summed E-state index contributed by atoms with van der Waals surface area (Å²) in [5.74, 6) is 0.830. The largest absolute Gasteiger partial charge is 0.487 e. The summed E-state index contributed by atoms with van der Waals surface area (Å²) < 4.78 is 7.10. The molecule has 0 spiro atoms. The second kappa shape index (κ2) is 5.62. The van der Waals surface area contributed by atoms with Crippen LogP contribution in [0.2, 0.25) is 0 Å². The van der Waals surface area contributed by atoms with Crippen molar-refractivity contribution < 1.29 is 9.84 Å². The molecule has 1 unspecified atom stereocenters. The van der Waals surface area contributed by atoms with Crippen LogP contribution in [0.5, 0.6) is 5.75 Å². The van der Waals surface area contributed by atoms with Crippen LogP contribution in [0.3, 0.4) is 0 Å². The van der Waals surface area contributed by atoms with Crippen molar-refractivity contribution in [1.29, 1.82) is 0 Å². The van der Waals surface area contributed by atoms with Gasteiger partial charge in [-0.05, 0) is 38.0 Å². The third kappa shape index (κ3) is 3.07. The first kappa shape index (κ1) is 13.9. The second-order valence-corrected chi connectivity index (χ2v) is 6.33. The van der Waals surface area contributed by atoms with Crippen molar-refractivity contribution in [3.05, 3.63) is 28.2 Å². The van der Waals surface area contributed by atoms with Gasteiger partial charge in [-0.1, -0.05) is 35.7 Å². The van der Waals surface area contributed by atoms with Gasteiger partial charge in [0.2, 0.25) is 0 Å². The topological polar surface area (TPSA) is 29.5 Å². The van der Waals surface area contributed by atoms with E-state index in [-0.39, 0.29) is 5.60 Å². The fourth-order valence-electron chi connectivity index (χ4n) is 2.60. The van der Waals surface area contributed by atoms with Crippen molar-refractivity contribution in [1.82, 2.24) is 0 Å². The molecule has 100 valence electrons. The highest BCUT2D eigenvalue weighted by Gasteiger charge is 2.36. The quantitative estimate of drug-likeness (QED) is 0.823. The maximum absolute atomic E-state index is 10.3. The normalized spacial score (nSPS) is 26.6. The van der Waals surface area contributed by atoms with Crippen LogP contribution in [0.25, 0.3) is 0 Å². The molecule has 1 N–H and O–H groups in total. The van der Waals surface area contributed by atoms with E-state index in [0.29, 0.717) is 6.42 Å². The van der Waals surface area contributed by atoms with Gasteiger partial charge in [0, 0.05) is 16.5 Å². The molecule has 0 amide bonds. The van der Waals surface area contributed by atoms with E-state index < -0.39 is 6.10 Å². The Balaban J connectivity index is 2.14. The van der Waals surface area contributed by atoms with E-state index in [1.54, 1.807) is 0 Å². The van der Waals surface area contributed by atoms with Gasteiger partial charge in [0.05, 0.1) is 6.10 Å². The fraction of sp³-hybridized carbons (Fsp3) is 0.600. The summed E-state index contributed by atoms with van der Waals surface area (Å²) in [6.07, 6.45) is 4.86. The zero-order chi connectivity index (χ0) is 13.2. The van der Waals surface area contributed by atoms with Gasteiger partial charge >= 0.3 is 0 Å². The van der Waals surface area contributed by atoms with Gasteiger partial charge in [-0.3, -0.25) is 0 Å². The van der Waals surface area contributed by atoms with Crippen LogP contribution >= 0.6 is 15.9 Å². The molecule has 2 atom stereocenters. The molecule has 1 heterocycles. The molecule has 2 rings (SSSR count). The molecule has 1 aromatic rings. The Hall–Kier alpha value is -0.540. The Morgan fingerprint density at radius 3 is 2.94 bits per heavy atom. The van der Waals surface area contributed by atoms with E-state index in [2.05, 4.69) is 29.8 Å². The van der Waals surface area contributed by atoms with Gasteiger partial charge in [0.15, 0.2) is 0 Å². The van der Waals surface area contributed by atoms with Crippen molar-refractivity contribution in [2.45, 2.75) is 57.7 Å². The summed E-state index contributed by atoms with van der Waals surface area (Å²) in [7, 11) is 0. The molecule has 0 saturated carbocycles. The van der Waals surface area contributed by atoms with E-state index in [0.717, 1.165) is 28.6 Å². The van der Waals surface area contributed by atoms with Crippen LogP contribution in [-0.2, 0) is 0 Å². The molecule has 1 aliphatic heterocycles. The van der Waals surface area contributed by atoms with Crippen LogP contribution in [0, 0.1) is 0 Å². The predicted molar refractivity (Wildman–Crippen MR) is 76.9 cm³/mol. The summed E-state index contributed by atoms with van der Waals surface area (Å²) >= 11 is 3.43. The number of aliphatic hydroxyl groups excluding tert-OH is 1. The molecule has 0 aromatic heterocycles. The molecular weight excluding hydrogens is 292 g/mol. The number of hydrogen-bond acceptors (Lipinski definition) is 2. The number of unbranched alkanes of at least 4 members (excludes halogenated alkanes) is 2. The SMILES string of the molecule is CCCCCC1(C)C[C@H](O)c2cc(Br)ccc2O1. The Bertz CT molecular complexity index is 419. The highest BCUT2D eigenvalue weighted by molar-refractivity contribution is 9.10. The first-order valence-electron chi connectivity index (χ1n) is 6.70. The van der Waals surface area contributed by atoms with Crippen LogP contribution in [0.15, 0.2) is 22.7 Å². The average Bonchev–Trinajstić information content (AvgIpc) is 2.31. The van der Waals surface area contributed by atoms with Crippen LogP contribution in [0.1, 0.15) is 57.6 Å². The molecule has 1 aliphatic rings. The Labute approximate surface area is 117 Å². The molecule has 0 aliphatic carbocycles. The lowest BCUT2D eigenvalue weighted by Crippen LogP contribution is -2.38. The molecule has 0 fully saturated rings. The minimum absolute atomic E-state index is 0.227. The van der Waals surface area contributed by atoms with E-state index >= 15 is 0 Å². The zero-order valence-electron chi connectivity index (χ0n) is 11.1. The first-order valence-corrected chi connectivity index (χ1v) is 7.50. The van der Waals surface area contributed by atoms with E-state index in [4.69, 9.17) is 4.74 Å². The number of halogens is 1. The van der Waals surface area contributed by atoms with Gasteiger partial charge < -0.3 is 9.84 Å². The van der Waals surface area contributed by atoms with E-state index in [9.17, 15) is 5.11 Å². The number of benzene rings is 1. The predicted octanol–water partition coefficient (Wildman–Crippen LogP) is 4.60. The minimum Gasteiger partial charge on any atom is -0.487 e. The minimum atomic E-state index is -0.419. The molecule has 1 aromatic carbocycles. The molecular formula is C15H21BrO2. The molecule has 0 bridgehead atoms. The summed E-state index contributed by atoms with van der Waals surface area (Å²) in [5.41, 5.74) is 0.674. The Morgan fingerprint density at radius 2 is 2.22 bits per heavy atom. The number of fused-ring (bicyclic) bond motifs is 1. The summed E-state index contributed by atoms with van der Waals surface area (Å²) in [4.78, 5) is 0. The van der Waals surface area contributed by atoms with Gasteiger partial charge in [-0.25, -0.2) is 0 Å². The van der Waals surface area contributed by atoms with Crippen LogP contribution < -0.4 is 4.74 Å². The third-order valence-electron chi connectivity index (χ3n) is 3.62. The lowest BCUT2D eigenvalue weighted by molar-refractivity contribution is -0.00847. The van der Waals surface area contributed by atoms with E-state index in [1.165, 1.54) is 12.8 Å². The maximum atomic E-state index is 10.3. The number of hydrogen-bond donors (Lipinski definition) is 1. The van der Waals surface area contributed by atoms with Crippen molar-refractivity contribution in [2.75, 3.05) is 0 Å². The molecule has 18 heavy (non-hydrogen) atoms.